The van der Waals surface area contributed by atoms with E-state index in [9.17, 15) is 13.6 Å². The Bertz CT molecular complexity index is 638. The second-order valence-corrected chi connectivity index (χ2v) is 4.25. The molecule has 0 unspecified atom stereocenters. The first-order valence-corrected chi connectivity index (χ1v) is 5.55. The average molecular weight is 267 g/mol. The third kappa shape index (κ3) is 2.44. The van der Waals surface area contributed by atoms with Gasteiger partial charge in [0.1, 0.15) is 5.69 Å². The molecule has 5 nitrogen and oxygen atoms in total. The lowest BCUT2D eigenvalue weighted by molar-refractivity contribution is 0.0690. The van der Waals surface area contributed by atoms with Gasteiger partial charge >= 0.3 is 5.97 Å². The molecule has 2 rings (SSSR count). The summed E-state index contributed by atoms with van der Waals surface area (Å²) in [5.74, 6) is -3.34. The quantitative estimate of drug-likeness (QED) is 0.927. The molecule has 0 saturated carbocycles. The lowest BCUT2D eigenvalue weighted by Gasteiger charge is -2.01. The SMILES string of the molecule is CC(C)n1nc(C(=O)O)c(-c2ccc(F)c(F)c2)n1. The Morgan fingerprint density at radius 3 is 2.47 bits per heavy atom. The van der Waals surface area contributed by atoms with Gasteiger partial charge in [0, 0.05) is 5.56 Å². The summed E-state index contributed by atoms with van der Waals surface area (Å²) < 4.78 is 26.1. The van der Waals surface area contributed by atoms with Gasteiger partial charge in [-0.15, -0.1) is 5.10 Å². The minimum absolute atomic E-state index is 0.0140. The average Bonchev–Trinajstić information content (AvgIpc) is 2.78. The van der Waals surface area contributed by atoms with E-state index in [1.807, 2.05) is 0 Å². The molecule has 19 heavy (non-hydrogen) atoms. The van der Waals surface area contributed by atoms with E-state index in [2.05, 4.69) is 10.2 Å². The van der Waals surface area contributed by atoms with E-state index in [0.29, 0.717) is 0 Å². The molecular formula is C12H11F2N3O2. The molecule has 1 aromatic carbocycles. The summed E-state index contributed by atoms with van der Waals surface area (Å²) in [5, 5.41) is 16.9. The molecule has 0 bridgehead atoms. The molecule has 0 atom stereocenters. The van der Waals surface area contributed by atoms with Crippen LogP contribution in [0.1, 0.15) is 30.4 Å². The summed E-state index contributed by atoms with van der Waals surface area (Å²) in [7, 11) is 0. The van der Waals surface area contributed by atoms with Crippen LogP contribution in [0, 0.1) is 11.6 Å². The second kappa shape index (κ2) is 4.75. The molecule has 0 aliphatic carbocycles. The Morgan fingerprint density at radius 1 is 1.26 bits per heavy atom. The molecule has 0 amide bonds. The molecule has 0 aliphatic heterocycles. The highest BCUT2D eigenvalue weighted by Crippen LogP contribution is 2.23. The smallest absolute Gasteiger partial charge is 0.358 e. The van der Waals surface area contributed by atoms with E-state index in [0.717, 1.165) is 12.1 Å². The zero-order valence-corrected chi connectivity index (χ0v) is 10.3. The third-order valence-corrected chi connectivity index (χ3v) is 2.49. The molecule has 100 valence electrons. The van der Waals surface area contributed by atoms with Crippen LogP contribution in [0.5, 0.6) is 0 Å². The molecule has 0 spiro atoms. The van der Waals surface area contributed by atoms with Crippen molar-refractivity contribution < 1.29 is 18.7 Å². The van der Waals surface area contributed by atoms with Crippen molar-refractivity contribution in [3.63, 3.8) is 0 Å². The summed E-state index contributed by atoms with van der Waals surface area (Å²) in [6, 6.07) is 2.94. The van der Waals surface area contributed by atoms with Crippen LogP contribution < -0.4 is 0 Å². The van der Waals surface area contributed by atoms with Crippen LogP contribution in [-0.2, 0) is 0 Å². The summed E-state index contributed by atoms with van der Waals surface area (Å²) >= 11 is 0. The maximum absolute atomic E-state index is 13.2. The van der Waals surface area contributed by atoms with E-state index in [1.54, 1.807) is 13.8 Å². The minimum atomic E-state index is -1.27. The molecule has 7 heteroatoms. The molecular weight excluding hydrogens is 256 g/mol. The first-order chi connectivity index (χ1) is 8.90. The second-order valence-electron chi connectivity index (χ2n) is 4.25. The maximum Gasteiger partial charge on any atom is 0.358 e. The highest BCUT2D eigenvalue weighted by Gasteiger charge is 2.21. The van der Waals surface area contributed by atoms with Crippen LogP contribution in [0.4, 0.5) is 8.78 Å². The van der Waals surface area contributed by atoms with Crippen molar-refractivity contribution in [1.29, 1.82) is 0 Å². The standard InChI is InChI=1S/C12H11F2N3O2/c1-6(2)17-15-10(11(16-17)12(18)19)7-3-4-8(13)9(14)5-7/h3-6H,1-2H3,(H,18,19). The Balaban J connectivity index is 2.59. The zero-order valence-electron chi connectivity index (χ0n) is 10.3. The van der Waals surface area contributed by atoms with Crippen LogP contribution in [-0.4, -0.2) is 26.1 Å². The van der Waals surface area contributed by atoms with Crippen LogP contribution in [0.25, 0.3) is 11.3 Å². The van der Waals surface area contributed by atoms with Crippen LogP contribution >= 0.6 is 0 Å². The summed E-state index contributed by atoms with van der Waals surface area (Å²) in [6.45, 7) is 3.56. The molecule has 1 aromatic heterocycles. The van der Waals surface area contributed by atoms with Crippen molar-refractivity contribution in [2.45, 2.75) is 19.9 Å². The molecule has 0 aliphatic rings. The van der Waals surface area contributed by atoms with Gasteiger partial charge in [-0.25, -0.2) is 13.6 Å². The Kier molecular flexibility index (Phi) is 3.28. The molecule has 1 N–H and O–H groups in total. The van der Waals surface area contributed by atoms with E-state index in [-0.39, 0.29) is 23.0 Å². The Labute approximate surface area is 107 Å². The topological polar surface area (TPSA) is 68.0 Å². The number of hydrogen-bond donors (Lipinski definition) is 1. The van der Waals surface area contributed by atoms with Crippen LogP contribution in [0.2, 0.25) is 0 Å². The fraction of sp³-hybridized carbons (Fsp3) is 0.250. The molecule has 1 heterocycles. The van der Waals surface area contributed by atoms with Gasteiger partial charge in [-0.05, 0) is 32.0 Å². The van der Waals surface area contributed by atoms with E-state index in [4.69, 9.17) is 5.11 Å². The number of hydrogen-bond acceptors (Lipinski definition) is 3. The number of aromatic carboxylic acids is 1. The summed E-state index contributed by atoms with van der Waals surface area (Å²) in [6.07, 6.45) is 0. The molecule has 0 radical (unpaired) electrons. The normalized spacial score (nSPS) is 11.0. The number of aromatic nitrogens is 3. The molecule has 0 fully saturated rings. The van der Waals surface area contributed by atoms with E-state index in [1.165, 1.54) is 10.9 Å². The van der Waals surface area contributed by atoms with Crippen molar-refractivity contribution in [3.8, 4) is 11.3 Å². The molecule has 0 saturated heterocycles. The lowest BCUT2D eigenvalue weighted by Crippen LogP contribution is -2.06. The number of benzene rings is 1. The van der Waals surface area contributed by atoms with Crippen LogP contribution in [0.3, 0.4) is 0 Å². The van der Waals surface area contributed by atoms with Crippen molar-refractivity contribution in [1.82, 2.24) is 15.0 Å². The van der Waals surface area contributed by atoms with Gasteiger partial charge < -0.3 is 5.11 Å². The fourth-order valence-electron chi connectivity index (χ4n) is 1.53. The van der Waals surface area contributed by atoms with Gasteiger partial charge in [-0.3, -0.25) is 0 Å². The Hall–Kier alpha value is -2.31. The zero-order chi connectivity index (χ0) is 14.2. The summed E-state index contributed by atoms with van der Waals surface area (Å²) in [4.78, 5) is 12.3. The predicted molar refractivity (Wildman–Crippen MR) is 62.7 cm³/mol. The highest BCUT2D eigenvalue weighted by molar-refractivity contribution is 5.92. The largest absolute Gasteiger partial charge is 0.476 e. The number of halogens is 2. The van der Waals surface area contributed by atoms with Crippen molar-refractivity contribution in [2.75, 3.05) is 0 Å². The van der Waals surface area contributed by atoms with Crippen molar-refractivity contribution in [3.05, 3.63) is 35.5 Å². The fourth-order valence-corrected chi connectivity index (χ4v) is 1.53. The predicted octanol–water partition coefficient (Wildman–Crippen LogP) is 2.50. The number of carboxylic acid groups (broad SMARTS) is 1. The monoisotopic (exact) mass is 267 g/mol. The highest BCUT2D eigenvalue weighted by atomic mass is 19.2. The first kappa shape index (κ1) is 13.1. The summed E-state index contributed by atoms with van der Waals surface area (Å²) in [5.41, 5.74) is -0.108. The first-order valence-electron chi connectivity index (χ1n) is 5.55. The van der Waals surface area contributed by atoms with Crippen LogP contribution in [0.15, 0.2) is 18.2 Å². The lowest BCUT2D eigenvalue weighted by atomic mass is 10.1. The van der Waals surface area contributed by atoms with Gasteiger partial charge in [0.2, 0.25) is 0 Å². The Morgan fingerprint density at radius 2 is 1.95 bits per heavy atom. The molecule has 2 aromatic rings. The third-order valence-electron chi connectivity index (χ3n) is 2.49. The van der Waals surface area contributed by atoms with E-state index >= 15 is 0 Å². The van der Waals surface area contributed by atoms with E-state index < -0.39 is 17.6 Å². The number of carbonyl (C=O) groups is 1. The van der Waals surface area contributed by atoms with Gasteiger partial charge in [-0.2, -0.15) is 9.90 Å². The van der Waals surface area contributed by atoms with Gasteiger partial charge in [0.05, 0.1) is 6.04 Å². The van der Waals surface area contributed by atoms with Crippen molar-refractivity contribution >= 4 is 5.97 Å². The minimum Gasteiger partial charge on any atom is -0.476 e. The van der Waals surface area contributed by atoms with Crippen molar-refractivity contribution in [2.24, 2.45) is 0 Å². The number of rotatable bonds is 3. The van der Waals surface area contributed by atoms with Gasteiger partial charge in [-0.1, -0.05) is 0 Å². The number of carboxylic acids is 1. The van der Waals surface area contributed by atoms with Gasteiger partial charge in [0.15, 0.2) is 17.3 Å². The van der Waals surface area contributed by atoms with Gasteiger partial charge in [0.25, 0.3) is 0 Å². The number of nitrogens with zero attached hydrogens (tertiary/aromatic N) is 3. The maximum atomic E-state index is 13.2.